The predicted molar refractivity (Wildman–Crippen MR) is 108 cm³/mol. The lowest BCUT2D eigenvalue weighted by molar-refractivity contribution is -0.0466. The van der Waals surface area contributed by atoms with E-state index in [2.05, 4.69) is 31.8 Å². The number of fused-ring (bicyclic) bond motifs is 10. The van der Waals surface area contributed by atoms with Crippen LogP contribution in [0.2, 0.25) is 0 Å². The van der Waals surface area contributed by atoms with E-state index in [1.165, 1.54) is 6.07 Å². The van der Waals surface area contributed by atoms with Crippen LogP contribution in [-0.4, -0.2) is 42.8 Å². The average Bonchev–Trinajstić information content (AvgIpc) is 3.52. The maximum Gasteiger partial charge on any atom is 0.148 e. The van der Waals surface area contributed by atoms with Crippen LogP contribution in [0.1, 0.15) is 29.5 Å². The molecular weight excluding hydrogens is 385 g/mol. The molecular formula is C22H20FN5O2. The van der Waals surface area contributed by atoms with Crippen LogP contribution in [0.4, 0.5) is 10.1 Å². The maximum atomic E-state index is 15.2. The van der Waals surface area contributed by atoms with Gasteiger partial charge in [0.05, 0.1) is 47.4 Å². The van der Waals surface area contributed by atoms with Crippen molar-refractivity contribution in [3.63, 3.8) is 0 Å². The number of hydrogen-bond acceptors (Lipinski definition) is 5. The van der Waals surface area contributed by atoms with Gasteiger partial charge in [-0.3, -0.25) is 10.2 Å². The zero-order valence-electron chi connectivity index (χ0n) is 15.9. The van der Waals surface area contributed by atoms with Crippen LogP contribution in [0.3, 0.4) is 0 Å². The Bertz CT molecular complexity index is 1320. The van der Waals surface area contributed by atoms with E-state index in [4.69, 9.17) is 0 Å². The Morgan fingerprint density at radius 1 is 0.967 bits per heavy atom. The molecule has 2 unspecified atom stereocenters. The molecule has 7 nitrogen and oxygen atoms in total. The fraction of sp³-hybridized carbons (Fsp3) is 0.364. The second-order valence-corrected chi connectivity index (χ2v) is 8.96. The van der Waals surface area contributed by atoms with Crippen molar-refractivity contribution in [2.45, 2.75) is 30.6 Å². The molecule has 30 heavy (non-hydrogen) atoms. The van der Waals surface area contributed by atoms with Crippen molar-refractivity contribution in [2.75, 3.05) is 5.32 Å². The van der Waals surface area contributed by atoms with Crippen molar-refractivity contribution in [3.05, 3.63) is 53.6 Å². The summed E-state index contributed by atoms with van der Waals surface area (Å²) in [7, 11) is 0. The largest absolute Gasteiger partial charge is 0.390 e. The number of anilines is 1. The van der Waals surface area contributed by atoms with E-state index < -0.39 is 12.2 Å². The molecule has 3 aliphatic rings. The van der Waals surface area contributed by atoms with Crippen LogP contribution in [0, 0.1) is 23.6 Å². The molecule has 2 aromatic carbocycles. The lowest BCUT2D eigenvalue weighted by Crippen LogP contribution is -2.46. The minimum absolute atomic E-state index is 0.0464. The van der Waals surface area contributed by atoms with E-state index in [0.29, 0.717) is 11.2 Å². The summed E-state index contributed by atoms with van der Waals surface area (Å²) in [6, 6.07) is 7.39. The first-order valence-electron chi connectivity index (χ1n) is 10.3. The molecule has 3 heterocycles. The lowest BCUT2D eigenvalue weighted by atomic mass is 9.65. The summed E-state index contributed by atoms with van der Waals surface area (Å²) in [6.07, 6.45) is 2.71. The second kappa shape index (κ2) is 5.59. The van der Waals surface area contributed by atoms with Crippen LogP contribution >= 0.6 is 0 Å². The number of hydrogen-bond donors (Lipinski definition) is 5. The van der Waals surface area contributed by atoms with Crippen molar-refractivity contribution in [2.24, 2.45) is 17.8 Å². The van der Waals surface area contributed by atoms with Gasteiger partial charge in [0.2, 0.25) is 0 Å². The Hall–Kier alpha value is -2.97. The number of rotatable bonds is 1. The van der Waals surface area contributed by atoms with Gasteiger partial charge >= 0.3 is 0 Å². The maximum absolute atomic E-state index is 15.2. The first kappa shape index (κ1) is 16.8. The average molecular weight is 405 g/mol. The van der Waals surface area contributed by atoms with Crippen molar-refractivity contribution in [1.82, 2.24) is 20.4 Å². The van der Waals surface area contributed by atoms with Crippen molar-refractivity contribution >= 4 is 27.5 Å². The molecule has 7 atom stereocenters. The number of aromatic nitrogens is 4. The molecule has 1 aliphatic heterocycles. The standard InChI is InChI=1S/C22H20FN5O2/c23-13-5-15-12(7-25-28-15)18-16-10-4-11(22(30)21(10)29)17(16)19(26-20(13)18)8-1-2-14-9(3-8)6-24-27-14/h1-3,5-7,10-11,16-17,19,21-22,26,29-30H,4H2,(H,24,27)(H,25,28)/t10?,11?,16-,17+,19-,21+,22-/m0/s1. The topological polar surface area (TPSA) is 110 Å². The molecule has 2 bridgehead atoms. The molecule has 7 rings (SSSR count). The Balaban J connectivity index is 1.47. The van der Waals surface area contributed by atoms with Crippen molar-refractivity contribution in [1.29, 1.82) is 0 Å². The van der Waals surface area contributed by atoms with Gasteiger partial charge < -0.3 is 15.5 Å². The monoisotopic (exact) mass is 405 g/mol. The van der Waals surface area contributed by atoms with Gasteiger partial charge in [0.15, 0.2) is 0 Å². The zero-order valence-corrected chi connectivity index (χ0v) is 15.9. The van der Waals surface area contributed by atoms with Gasteiger partial charge in [-0.2, -0.15) is 10.2 Å². The Labute approximate surface area is 170 Å². The molecule has 8 heteroatoms. The van der Waals surface area contributed by atoms with Gasteiger partial charge in [-0.1, -0.05) is 6.07 Å². The Kier molecular flexibility index (Phi) is 3.13. The molecule has 0 amide bonds. The summed E-state index contributed by atoms with van der Waals surface area (Å²) >= 11 is 0. The highest BCUT2D eigenvalue weighted by atomic mass is 19.1. The Morgan fingerprint density at radius 2 is 1.77 bits per heavy atom. The van der Waals surface area contributed by atoms with E-state index in [9.17, 15) is 10.2 Å². The fourth-order valence-electron chi connectivity index (χ4n) is 6.54. The van der Waals surface area contributed by atoms with Gasteiger partial charge in [0, 0.05) is 16.8 Å². The summed E-state index contributed by atoms with van der Waals surface area (Å²) in [5.41, 5.74) is 3.99. The highest BCUT2D eigenvalue weighted by molar-refractivity contribution is 5.89. The van der Waals surface area contributed by atoms with Crippen molar-refractivity contribution < 1.29 is 14.6 Å². The minimum atomic E-state index is -0.788. The molecule has 2 fully saturated rings. The highest BCUT2D eigenvalue weighted by Crippen LogP contribution is 2.64. The van der Waals surface area contributed by atoms with Crippen molar-refractivity contribution in [3.8, 4) is 0 Å². The zero-order chi connectivity index (χ0) is 20.1. The smallest absolute Gasteiger partial charge is 0.148 e. The van der Waals surface area contributed by atoms with Gasteiger partial charge in [-0.25, -0.2) is 4.39 Å². The number of aliphatic hydroxyl groups excluding tert-OH is 2. The predicted octanol–water partition coefficient (Wildman–Crippen LogP) is 2.82. The van der Waals surface area contributed by atoms with Crippen LogP contribution in [0.15, 0.2) is 36.7 Å². The number of benzene rings is 2. The normalized spacial score (nSPS) is 34.3. The third-order valence-electron chi connectivity index (χ3n) is 7.72. The third-order valence-corrected chi connectivity index (χ3v) is 7.72. The fourth-order valence-corrected chi connectivity index (χ4v) is 6.54. The second-order valence-electron chi connectivity index (χ2n) is 8.96. The van der Waals surface area contributed by atoms with Gasteiger partial charge in [0.1, 0.15) is 5.82 Å². The highest BCUT2D eigenvalue weighted by Gasteiger charge is 2.62. The quantitative estimate of drug-likeness (QED) is 0.335. The molecule has 0 spiro atoms. The SMILES string of the molecule is O[C@@H]1C2CC([C@H]3[C@H](c4ccc5[nH]ncc5c4)Nc4c(F)cc5[nH]ncc5c4[C@@H]23)[C@@H]1O. The Morgan fingerprint density at radius 3 is 2.67 bits per heavy atom. The van der Waals surface area contributed by atoms with E-state index in [0.717, 1.165) is 33.8 Å². The van der Waals surface area contributed by atoms with E-state index in [1.807, 2.05) is 12.1 Å². The molecule has 2 aliphatic carbocycles. The third kappa shape index (κ3) is 1.95. The summed E-state index contributed by atoms with van der Waals surface area (Å²) in [4.78, 5) is 0. The number of H-pyrrole nitrogens is 2. The van der Waals surface area contributed by atoms with Crippen LogP contribution in [-0.2, 0) is 0 Å². The number of aliphatic hydroxyl groups is 2. The summed E-state index contributed by atoms with van der Waals surface area (Å²) in [5, 5.41) is 40.8. The number of halogens is 1. The van der Waals surface area contributed by atoms with Gasteiger partial charge in [-0.05, 0) is 53.4 Å². The lowest BCUT2D eigenvalue weighted by Gasteiger charge is -2.46. The first-order valence-corrected chi connectivity index (χ1v) is 10.3. The van der Waals surface area contributed by atoms with E-state index >= 15 is 4.39 Å². The summed E-state index contributed by atoms with van der Waals surface area (Å²) in [6.45, 7) is 0. The molecule has 0 radical (unpaired) electrons. The number of nitrogens with one attached hydrogen (secondary N) is 3. The molecule has 4 aromatic rings. The number of aromatic amines is 2. The van der Waals surface area contributed by atoms with Crippen LogP contribution < -0.4 is 5.32 Å². The summed E-state index contributed by atoms with van der Waals surface area (Å²) < 4.78 is 15.2. The molecule has 2 aromatic heterocycles. The van der Waals surface area contributed by atoms with Gasteiger partial charge in [0.25, 0.3) is 0 Å². The van der Waals surface area contributed by atoms with Gasteiger partial charge in [-0.15, -0.1) is 0 Å². The molecule has 5 N–H and O–H groups in total. The number of nitrogens with zero attached hydrogens (tertiary/aromatic N) is 2. The van der Waals surface area contributed by atoms with Crippen LogP contribution in [0.25, 0.3) is 21.8 Å². The molecule has 0 saturated heterocycles. The summed E-state index contributed by atoms with van der Waals surface area (Å²) in [5.74, 6) is -0.482. The first-order chi connectivity index (χ1) is 14.6. The van der Waals surface area contributed by atoms with E-state index in [1.54, 1.807) is 12.4 Å². The molecule has 152 valence electrons. The minimum Gasteiger partial charge on any atom is -0.390 e. The van der Waals surface area contributed by atoms with Crippen LogP contribution in [0.5, 0.6) is 0 Å². The van der Waals surface area contributed by atoms with E-state index in [-0.39, 0.29) is 35.5 Å². The molecule has 2 saturated carbocycles.